The molecule has 0 aliphatic heterocycles. The van der Waals surface area contributed by atoms with Gasteiger partial charge in [0.1, 0.15) is 5.75 Å². The molecule has 0 saturated heterocycles. The molecule has 0 spiro atoms. The number of aliphatic hydroxyl groups excluding tert-OH is 1. The Kier molecular flexibility index (Phi) is 10.1. The molecule has 7 atom stereocenters. The molecule has 2 fully saturated rings. The van der Waals surface area contributed by atoms with Gasteiger partial charge in [0, 0.05) is 28.7 Å². The maximum atomic E-state index is 13.2. The van der Waals surface area contributed by atoms with Crippen LogP contribution in [-0.2, 0) is 26.8 Å². The van der Waals surface area contributed by atoms with Gasteiger partial charge in [-0.25, -0.2) is 0 Å². The predicted octanol–water partition coefficient (Wildman–Crippen LogP) is 6.41. The molecule has 12 heteroatoms. The second kappa shape index (κ2) is 12.9. The third-order valence-electron chi connectivity index (χ3n) is 9.82. The average molecular weight is 623 g/mol. The molecule has 0 radical (unpaired) electrons. The molecule has 2 saturated carbocycles. The quantitative estimate of drug-likeness (QED) is 0.159. The molecule has 0 bridgehead atoms. The Hall–Kier alpha value is -2.08. The van der Waals surface area contributed by atoms with Crippen LogP contribution in [-0.4, -0.2) is 56.1 Å². The van der Waals surface area contributed by atoms with Crippen LogP contribution in [0.3, 0.4) is 0 Å². The number of esters is 1. The minimum atomic E-state index is -5.61. The summed E-state index contributed by atoms with van der Waals surface area (Å²) in [4.78, 5) is 22.9. The van der Waals surface area contributed by atoms with Gasteiger partial charge in [-0.15, -0.1) is 0 Å². The summed E-state index contributed by atoms with van der Waals surface area (Å²) in [6, 6.07) is 5.54. The van der Waals surface area contributed by atoms with E-state index < -0.39 is 47.7 Å². The average Bonchev–Trinajstić information content (AvgIpc) is 3.20. The van der Waals surface area contributed by atoms with Gasteiger partial charge in [0.2, 0.25) is 0 Å². The fraction of sp³-hybridized carbons (Fsp3) is 0.733. The number of carbonyl (C=O) groups excluding carboxylic acids is 1. The molecule has 0 heterocycles. The van der Waals surface area contributed by atoms with Crippen LogP contribution >= 0.6 is 0 Å². The van der Waals surface area contributed by atoms with E-state index >= 15 is 0 Å². The summed E-state index contributed by atoms with van der Waals surface area (Å²) < 4.78 is 81.5. The van der Waals surface area contributed by atoms with Crippen LogP contribution in [0, 0.1) is 23.2 Å². The number of aliphatic hydroxyl groups is 1. The second-order valence-corrected chi connectivity index (χ2v) is 14.1. The number of aliphatic carboxylic acids is 1. The summed E-state index contributed by atoms with van der Waals surface area (Å²) in [5.41, 5.74) is 2.02. The topological polar surface area (TPSA) is 101 Å². The number of alkyl halides is 5. The van der Waals surface area contributed by atoms with Crippen LogP contribution in [0.2, 0.25) is 0 Å². The largest absolute Gasteiger partial charge is 0.481 e. The molecule has 1 unspecified atom stereocenters. The lowest BCUT2D eigenvalue weighted by atomic mass is 9.52. The predicted molar refractivity (Wildman–Crippen MR) is 146 cm³/mol. The number of hydrogen-bond donors (Lipinski definition) is 2. The maximum Gasteiger partial charge on any atom is 0.453 e. The van der Waals surface area contributed by atoms with Gasteiger partial charge in [-0.1, -0.05) is 13.0 Å². The van der Waals surface area contributed by atoms with Crippen LogP contribution in [0.25, 0.3) is 0 Å². The fourth-order valence-electron chi connectivity index (χ4n) is 7.68. The number of carboxylic acid groups (broad SMARTS) is 1. The normalized spacial score (nSPS) is 29.7. The van der Waals surface area contributed by atoms with Gasteiger partial charge < -0.3 is 14.9 Å². The third kappa shape index (κ3) is 7.17. The first kappa shape index (κ1) is 32.8. The lowest BCUT2D eigenvalue weighted by Gasteiger charge is -2.53. The van der Waals surface area contributed by atoms with Gasteiger partial charge in [-0.3, -0.25) is 13.8 Å². The zero-order chi connectivity index (χ0) is 30.9. The molecular formula is C30H39F5O6S. The van der Waals surface area contributed by atoms with E-state index in [0.717, 1.165) is 31.2 Å². The lowest BCUT2D eigenvalue weighted by Crippen LogP contribution is -2.47. The lowest BCUT2D eigenvalue weighted by molar-refractivity contribution is -0.284. The maximum absolute atomic E-state index is 13.2. The van der Waals surface area contributed by atoms with Crippen LogP contribution in [0.5, 0.6) is 5.75 Å². The second-order valence-electron chi connectivity index (χ2n) is 12.4. The zero-order valence-electron chi connectivity index (χ0n) is 23.6. The van der Waals surface area contributed by atoms with Crippen molar-refractivity contribution in [1.82, 2.24) is 0 Å². The van der Waals surface area contributed by atoms with E-state index in [4.69, 9.17) is 9.84 Å². The summed E-state index contributed by atoms with van der Waals surface area (Å²) in [6.07, 6.45) is -3.11. The van der Waals surface area contributed by atoms with E-state index in [-0.39, 0.29) is 53.6 Å². The summed E-state index contributed by atoms with van der Waals surface area (Å²) in [5.74, 6) is -5.20. The number of hydrogen-bond acceptors (Lipinski definition) is 5. The van der Waals surface area contributed by atoms with Gasteiger partial charge in [0.15, 0.2) is 0 Å². The van der Waals surface area contributed by atoms with Gasteiger partial charge >= 0.3 is 24.0 Å². The zero-order valence-corrected chi connectivity index (χ0v) is 24.5. The molecule has 2 N–H and O–H groups in total. The Morgan fingerprint density at radius 2 is 1.79 bits per heavy atom. The van der Waals surface area contributed by atoms with Crippen molar-refractivity contribution in [2.75, 3.05) is 11.5 Å². The Balaban J connectivity index is 1.44. The number of benzene rings is 1. The first-order valence-electron chi connectivity index (χ1n) is 14.7. The van der Waals surface area contributed by atoms with E-state index in [2.05, 4.69) is 6.92 Å². The van der Waals surface area contributed by atoms with Crippen molar-refractivity contribution >= 4 is 22.7 Å². The van der Waals surface area contributed by atoms with Gasteiger partial charge in [0.25, 0.3) is 0 Å². The number of halogens is 5. The SMILES string of the molecule is C[C@]12CC[C@@H]3c4ccc(OC(=O)CCC(=O)O)cc4C[C@@H](CCCS(=O)CCCC(F)(F)C(F)(F)F)[C@H]3[C@@H]1CC[C@@H]2O. The van der Waals surface area contributed by atoms with E-state index in [9.17, 15) is 40.9 Å². The Bertz CT molecular complexity index is 1170. The Labute approximate surface area is 244 Å². The van der Waals surface area contributed by atoms with Crippen molar-refractivity contribution < 1.29 is 50.7 Å². The van der Waals surface area contributed by atoms with Gasteiger partial charge in [-0.2, -0.15) is 22.0 Å². The molecule has 4 rings (SSSR count). The van der Waals surface area contributed by atoms with Crippen molar-refractivity contribution in [2.24, 2.45) is 23.2 Å². The molecule has 6 nitrogen and oxygen atoms in total. The Morgan fingerprint density at radius 3 is 2.48 bits per heavy atom. The minimum absolute atomic E-state index is 0.168. The summed E-state index contributed by atoms with van der Waals surface area (Å²) >= 11 is 0. The Morgan fingerprint density at radius 1 is 1.07 bits per heavy atom. The molecule has 0 aromatic heterocycles. The van der Waals surface area contributed by atoms with Gasteiger partial charge in [-0.05, 0) is 104 Å². The van der Waals surface area contributed by atoms with Crippen molar-refractivity contribution in [3.8, 4) is 5.75 Å². The summed E-state index contributed by atoms with van der Waals surface area (Å²) in [6.45, 7) is 2.16. The van der Waals surface area contributed by atoms with Gasteiger partial charge in [0.05, 0.1) is 18.9 Å². The van der Waals surface area contributed by atoms with Crippen LogP contribution in [0.15, 0.2) is 18.2 Å². The summed E-state index contributed by atoms with van der Waals surface area (Å²) in [5, 5.41) is 19.7. The number of carbonyl (C=O) groups is 2. The molecule has 42 heavy (non-hydrogen) atoms. The first-order valence-corrected chi connectivity index (χ1v) is 16.1. The molecule has 0 amide bonds. The van der Waals surface area contributed by atoms with Crippen molar-refractivity contribution in [1.29, 1.82) is 0 Å². The van der Waals surface area contributed by atoms with Crippen LogP contribution in [0.1, 0.15) is 88.2 Å². The van der Waals surface area contributed by atoms with E-state index in [1.165, 1.54) is 5.56 Å². The number of ether oxygens (including phenoxy) is 1. The molecule has 3 aliphatic rings. The number of rotatable bonds is 12. The molecule has 236 valence electrons. The fourth-order valence-corrected chi connectivity index (χ4v) is 8.84. The highest BCUT2D eigenvalue weighted by molar-refractivity contribution is 7.84. The van der Waals surface area contributed by atoms with E-state index in [0.29, 0.717) is 30.9 Å². The molecule has 1 aromatic carbocycles. The first-order chi connectivity index (χ1) is 19.6. The van der Waals surface area contributed by atoms with Crippen LogP contribution in [0.4, 0.5) is 22.0 Å². The smallest absolute Gasteiger partial charge is 0.453 e. The minimum Gasteiger partial charge on any atom is -0.481 e. The molecular weight excluding hydrogens is 583 g/mol. The van der Waals surface area contributed by atoms with E-state index in [1.54, 1.807) is 6.07 Å². The summed E-state index contributed by atoms with van der Waals surface area (Å²) in [7, 11) is -1.52. The van der Waals surface area contributed by atoms with Crippen molar-refractivity contribution in [3.63, 3.8) is 0 Å². The third-order valence-corrected chi connectivity index (χ3v) is 11.3. The van der Waals surface area contributed by atoms with E-state index in [1.807, 2.05) is 12.1 Å². The molecule has 1 aromatic rings. The monoisotopic (exact) mass is 622 g/mol. The van der Waals surface area contributed by atoms with Crippen molar-refractivity contribution in [2.45, 2.75) is 102 Å². The highest BCUT2D eigenvalue weighted by Crippen LogP contribution is 2.62. The number of fused-ring (bicyclic) bond motifs is 5. The standard InChI is InChI=1S/C30H39F5O6S/c1-28-13-11-22-21-6-5-20(41-26(39)10-9-25(37)38)17-19(21)16-18(27(22)23(28)7-8-24(28)36)4-2-14-42(40)15-3-12-29(31,32)30(33,34)35/h5-6,17-18,22-24,27,36H,2-4,7-16H2,1H3,(H,37,38)/t18-,22-,23+,24+,27-,28+,42?/m1/s1. The highest BCUT2D eigenvalue weighted by atomic mass is 32.2. The van der Waals surface area contributed by atoms with Crippen LogP contribution < -0.4 is 4.74 Å². The molecule has 3 aliphatic carbocycles. The highest BCUT2D eigenvalue weighted by Gasteiger charge is 2.57. The van der Waals surface area contributed by atoms with Crippen molar-refractivity contribution in [3.05, 3.63) is 29.3 Å². The number of carboxylic acids is 1.